The Balaban J connectivity index is 4.14. The summed E-state index contributed by atoms with van der Waals surface area (Å²) in [6, 6.07) is 0. The molecule has 0 fully saturated rings. The summed E-state index contributed by atoms with van der Waals surface area (Å²) < 4.78 is 26.2. The van der Waals surface area contributed by atoms with Crippen LogP contribution in [0.4, 0.5) is 0 Å². The second-order valence-corrected chi connectivity index (χ2v) is 16.8. The van der Waals surface area contributed by atoms with Crippen molar-refractivity contribution in [2.45, 2.75) is 212 Å². The van der Waals surface area contributed by atoms with Crippen LogP contribution < -0.4 is 0 Å². The van der Waals surface area contributed by atoms with Gasteiger partial charge in [-0.15, -0.1) is 0 Å². The van der Waals surface area contributed by atoms with E-state index >= 15 is 0 Å². The summed E-state index contributed by atoms with van der Waals surface area (Å²) in [7, 11) is -4.86. The fourth-order valence-electron chi connectivity index (χ4n) is 6.36. The van der Waals surface area contributed by atoms with E-state index in [1.165, 1.54) is 115 Å². The number of aliphatic hydroxyl groups excluding tert-OH is 3. The summed E-state index contributed by atoms with van der Waals surface area (Å²) in [6.45, 7) is 3.23. The maximum absolute atomic E-state index is 12.5. The maximum atomic E-state index is 12.5. The molecule has 0 aromatic heterocycles. The number of phosphoric ester groups is 1. The lowest BCUT2D eigenvalue weighted by Crippen LogP contribution is -2.29. The lowest BCUT2D eigenvalue weighted by molar-refractivity contribution is -0.161. The second kappa shape index (κ2) is 41.0. The monoisotopic (exact) mass is 855 g/mol. The number of esters is 2. The number of unbranched alkanes of at least 4 members (excludes halogenated alkanes) is 20. The molecule has 11 nitrogen and oxygen atoms in total. The van der Waals surface area contributed by atoms with Gasteiger partial charge in [0.2, 0.25) is 0 Å². The minimum atomic E-state index is -4.86. The summed E-state index contributed by atoms with van der Waals surface area (Å²) in [5, 5.41) is 30.3. The van der Waals surface area contributed by atoms with Crippen molar-refractivity contribution in [3.8, 4) is 0 Å². The summed E-state index contributed by atoms with van der Waals surface area (Å²) in [6.07, 6.45) is 41.8. The number of carbonyl (C=O) groups excluding carboxylic acids is 2. The molecule has 0 saturated heterocycles. The highest BCUT2D eigenvalue weighted by molar-refractivity contribution is 7.46. The molecule has 4 atom stereocenters. The Morgan fingerprint density at radius 1 is 0.559 bits per heavy atom. The van der Waals surface area contributed by atoms with Gasteiger partial charge in [-0.2, -0.15) is 0 Å². The molecule has 0 amide bonds. The van der Waals surface area contributed by atoms with Gasteiger partial charge in [0.25, 0.3) is 0 Å². The van der Waals surface area contributed by atoms with E-state index in [2.05, 4.69) is 11.4 Å². The summed E-state index contributed by atoms with van der Waals surface area (Å²) in [5.74, 6) is -1.21. The van der Waals surface area contributed by atoms with Crippen LogP contribution in [0, 0.1) is 0 Å². The molecule has 0 aliphatic heterocycles. The Hall–Kier alpha value is -2.37. The van der Waals surface area contributed by atoms with Crippen molar-refractivity contribution in [3.05, 3.63) is 60.8 Å². The van der Waals surface area contributed by atoms with E-state index in [1.54, 1.807) is 42.5 Å². The van der Waals surface area contributed by atoms with Crippen LogP contribution in [0.2, 0.25) is 0 Å². The van der Waals surface area contributed by atoms with Crippen molar-refractivity contribution in [1.29, 1.82) is 0 Å². The molecular weight excluding hydrogens is 771 g/mol. The average Bonchev–Trinajstić information content (AvgIpc) is 3.20. The number of hydrogen-bond donors (Lipinski definition) is 5. The van der Waals surface area contributed by atoms with E-state index in [0.717, 1.165) is 25.7 Å². The van der Waals surface area contributed by atoms with Crippen LogP contribution in [0.1, 0.15) is 187 Å². The van der Waals surface area contributed by atoms with Crippen LogP contribution in [-0.4, -0.2) is 74.7 Å². The first-order chi connectivity index (χ1) is 28.5. The van der Waals surface area contributed by atoms with Gasteiger partial charge in [0, 0.05) is 12.8 Å². The normalized spacial score (nSPS) is 14.6. The fraction of sp³-hybridized carbons (Fsp3) is 0.745. The molecule has 0 heterocycles. The van der Waals surface area contributed by atoms with E-state index in [0.29, 0.717) is 12.8 Å². The minimum absolute atomic E-state index is 0.0862. The van der Waals surface area contributed by atoms with Gasteiger partial charge in [-0.3, -0.25) is 14.1 Å². The van der Waals surface area contributed by atoms with Crippen LogP contribution in [0.5, 0.6) is 0 Å². The lowest BCUT2D eigenvalue weighted by atomic mass is 10.0. The largest absolute Gasteiger partial charge is 0.469 e. The van der Waals surface area contributed by atoms with Gasteiger partial charge in [-0.1, -0.05) is 203 Å². The minimum Gasteiger partial charge on any atom is -0.462 e. The van der Waals surface area contributed by atoms with Crippen LogP contribution in [-0.2, 0) is 28.2 Å². The standard InChI is InChI=1S/C47H83O11P/c1-3-5-7-8-9-10-11-12-13-14-15-16-17-18-19-20-21-22-23-28-32-38-46(51)56-40-43(41-57-59(53,54)55)58-47(52)39-33-37-45(50)44(49)36-31-27-25-24-26-30-35-42(48)34-29-6-4-2/h6,24-27,29-31,35-36,42-45,48-50H,3-5,7-23,28,32-34,37-41H2,1-2H3,(H2,53,54,55)/b26-24+,27-25-,29-6-,35-30+,36-31-/t42-,43+,44+,45+/m0/s1. The molecule has 0 bridgehead atoms. The molecule has 0 aromatic rings. The molecule has 12 heteroatoms. The predicted octanol–water partition coefficient (Wildman–Crippen LogP) is 11.0. The molecule has 59 heavy (non-hydrogen) atoms. The topological polar surface area (TPSA) is 180 Å². The van der Waals surface area contributed by atoms with Gasteiger partial charge in [0.1, 0.15) is 6.61 Å². The third-order valence-corrected chi connectivity index (χ3v) is 10.4. The van der Waals surface area contributed by atoms with Gasteiger partial charge in [0.15, 0.2) is 6.10 Å². The zero-order valence-electron chi connectivity index (χ0n) is 36.7. The number of carbonyl (C=O) groups is 2. The molecule has 0 aliphatic rings. The quantitative estimate of drug-likeness (QED) is 0.0130. The first-order valence-corrected chi connectivity index (χ1v) is 24.4. The zero-order valence-corrected chi connectivity index (χ0v) is 37.6. The molecule has 0 rings (SSSR count). The Morgan fingerprint density at radius 2 is 1.02 bits per heavy atom. The van der Waals surface area contributed by atoms with Crippen LogP contribution in [0.15, 0.2) is 60.8 Å². The van der Waals surface area contributed by atoms with Gasteiger partial charge in [-0.05, 0) is 32.1 Å². The molecule has 342 valence electrons. The van der Waals surface area contributed by atoms with Gasteiger partial charge >= 0.3 is 19.8 Å². The average molecular weight is 855 g/mol. The highest BCUT2D eigenvalue weighted by Gasteiger charge is 2.23. The predicted molar refractivity (Wildman–Crippen MR) is 239 cm³/mol. The summed E-state index contributed by atoms with van der Waals surface area (Å²) in [5.41, 5.74) is 0. The van der Waals surface area contributed by atoms with E-state index in [-0.39, 0.29) is 25.7 Å². The number of allylic oxidation sites excluding steroid dienone is 7. The first kappa shape index (κ1) is 56.6. The van der Waals surface area contributed by atoms with Crippen LogP contribution in [0.3, 0.4) is 0 Å². The van der Waals surface area contributed by atoms with Crippen molar-refractivity contribution in [3.63, 3.8) is 0 Å². The smallest absolute Gasteiger partial charge is 0.462 e. The first-order valence-electron chi connectivity index (χ1n) is 22.9. The molecule has 0 aromatic carbocycles. The molecule has 0 spiro atoms. The Kier molecular flexibility index (Phi) is 39.4. The summed E-state index contributed by atoms with van der Waals surface area (Å²) >= 11 is 0. The van der Waals surface area contributed by atoms with Gasteiger partial charge in [0.05, 0.1) is 24.9 Å². The highest BCUT2D eigenvalue weighted by Crippen LogP contribution is 2.36. The van der Waals surface area contributed by atoms with Crippen LogP contribution >= 0.6 is 7.82 Å². The number of rotatable bonds is 41. The van der Waals surface area contributed by atoms with Crippen molar-refractivity contribution in [2.75, 3.05) is 13.2 Å². The van der Waals surface area contributed by atoms with E-state index in [9.17, 15) is 29.5 Å². The van der Waals surface area contributed by atoms with Gasteiger partial charge < -0.3 is 34.6 Å². The SMILES string of the molecule is CC/C=C\C[C@H](O)/C=C/C=C/C=C\C=C/[C@@H](O)[C@H](O)CCCC(=O)O[C@H](COC(=O)CCCCCCCCCCCCCCCCCCCCCCC)COP(=O)(O)O. The Morgan fingerprint density at radius 3 is 1.51 bits per heavy atom. The number of ether oxygens (including phenoxy) is 2. The third kappa shape index (κ3) is 42.1. The molecule has 0 radical (unpaired) electrons. The van der Waals surface area contributed by atoms with Crippen molar-refractivity contribution in [2.24, 2.45) is 0 Å². The van der Waals surface area contributed by atoms with Crippen LogP contribution in [0.25, 0.3) is 0 Å². The highest BCUT2D eigenvalue weighted by atomic mass is 31.2. The van der Waals surface area contributed by atoms with Crippen molar-refractivity contribution in [1.82, 2.24) is 0 Å². The van der Waals surface area contributed by atoms with Crippen molar-refractivity contribution < 1.29 is 53.3 Å². The molecule has 5 N–H and O–H groups in total. The van der Waals surface area contributed by atoms with Gasteiger partial charge in [-0.25, -0.2) is 4.57 Å². The number of hydrogen-bond acceptors (Lipinski definition) is 9. The third-order valence-electron chi connectivity index (χ3n) is 9.89. The number of phosphoric acid groups is 1. The summed E-state index contributed by atoms with van der Waals surface area (Å²) in [4.78, 5) is 43.0. The Labute approximate surface area is 357 Å². The van der Waals surface area contributed by atoms with E-state index < -0.39 is 57.4 Å². The zero-order chi connectivity index (χ0) is 43.7. The Bertz CT molecular complexity index is 1190. The van der Waals surface area contributed by atoms with Crippen molar-refractivity contribution >= 4 is 19.8 Å². The molecule has 0 aliphatic carbocycles. The fourth-order valence-corrected chi connectivity index (χ4v) is 6.72. The van der Waals surface area contributed by atoms with E-state index in [4.69, 9.17) is 19.3 Å². The molecular formula is C47H83O11P. The molecule has 0 unspecified atom stereocenters. The van der Waals surface area contributed by atoms with E-state index in [1.807, 2.05) is 19.1 Å². The number of aliphatic hydroxyl groups is 3. The second-order valence-electron chi connectivity index (χ2n) is 15.6. The maximum Gasteiger partial charge on any atom is 0.469 e. The molecule has 0 saturated carbocycles. The lowest BCUT2D eigenvalue weighted by Gasteiger charge is -2.19.